The Bertz CT molecular complexity index is 845. The molecule has 1 fully saturated rings. The Kier molecular flexibility index (Phi) is 9.90. The molecular weight excluding hydrogens is 467 g/mol. The molecule has 1 aliphatic heterocycles. The Hall–Kier alpha value is -2.17. The number of nitrogens with zero attached hydrogens (tertiary/aromatic N) is 1. The maximum absolute atomic E-state index is 12.7. The number of hydrogen-bond acceptors (Lipinski definition) is 10. The molecule has 0 saturated carbocycles. The van der Waals surface area contributed by atoms with E-state index in [0.717, 1.165) is 5.69 Å². The zero-order chi connectivity index (χ0) is 25.4. The van der Waals surface area contributed by atoms with Gasteiger partial charge >= 0.3 is 181 Å². The van der Waals surface area contributed by atoms with Crippen LogP contribution >= 0.6 is 8.17 Å². The molecule has 192 valence electrons. The summed E-state index contributed by atoms with van der Waals surface area (Å²) in [6.07, 6.45) is 1.03. The molecule has 34 heavy (non-hydrogen) atoms. The topological polar surface area (TPSA) is 143 Å². The molecule has 0 unspecified atom stereocenters. The number of amides is 1. The molecule has 0 spiro atoms. The van der Waals surface area contributed by atoms with Gasteiger partial charge in [-0.15, -0.1) is 0 Å². The van der Waals surface area contributed by atoms with Crippen molar-refractivity contribution in [1.82, 2.24) is 10.3 Å². The summed E-state index contributed by atoms with van der Waals surface area (Å²) < 4.78 is 26.2. The van der Waals surface area contributed by atoms with Crippen LogP contribution in [-0.4, -0.2) is 60.4 Å². The number of nitrogens with one attached hydrogen (secondary N) is 1. The van der Waals surface area contributed by atoms with Crippen LogP contribution in [0.2, 0.25) is 0 Å². The third-order valence-electron chi connectivity index (χ3n) is 4.86. The molecule has 0 aromatic carbocycles. The number of carbonyl (C=O) groups is 3. The van der Waals surface area contributed by atoms with Gasteiger partial charge in [0.05, 0.1) is 0 Å². The summed E-state index contributed by atoms with van der Waals surface area (Å²) in [6.45, 7) is 8.12. The Labute approximate surface area is 200 Å². The van der Waals surface area contributed by atoms with Crippen LogP contribution in [-0.2, 0) is 43.8 Å². The molecule has 0 aliphatic carbocycles. The quantitative estimate of drug-likeness (QED) is 0.277. The van der Waals surface area contributed by atoms with Crippen LogP contribution in [0.3, 0.4) is 0 Å². The van der Waals surface area contributed by atoms with E-state index in [2.05, 4.69) is 10.3 Å². The van der Waals surface area contributed by atoms with Gasteiger partial charge in [-0.25, -0.2) is 0 Å². The van der Waals surface area contributed by atoms with Gasteiger partial charge in [0.2, 0.25) is 0 Å². The van der Waals surface area contributed by atoms with Crippen LogP contribution < -0.4 is 5.32 Å². The van der Waals surface area contributed by atoms with Crippen molar-refractivity contribution in [1.29, 1.82) is 0 Å². The molecule has 2 rings (SSSR count). The predicted molar refractivity (Wildman–Crippen MR) is 123 cm³/mol. The van der Waals surface area contributed by atoms with Crippen molar-refractivity contribution in [3.8, 4) is 0 Å². The molecule has 12 heteroatoms. The SMILES string of the molecule is CC(C)(C)C(=O)OCO[PH]1(O)OCC(C)(C)[C@H](C(=O)NCCC(=O)OCCc2ccccn2)O1. The first-order chi connectivity index (χ1) is 15.8. The van der Waals surface area contributed by atoms with Crippen molar-refractivity contribution in [2.75, 3.05) is 26.6 Å². The number of hydrogen-bond donors (Lipinski definition) is 2. The van der Waals surface area contributed by atoms with Gasteiger partial charge in [-0.1, -0.05) is 6.07 Å². The van der Waals surface area contributed by atoms with Crippen LogP contribution in [0.5, 0.6) is 0 Å². The minimum atomic E-state index is -4.22. The van der Waals surface area contributed by atoms with Gasteiger partial charge in [-0.05, 0) is 6.07 Å². The van der Waals surface area contributed by atoms with E-state index in [0.29, 0.717) is 6.42 Å². The average Bonchev–Trinajstić information content (AvgIpc) is 2.75. The zero-order valence-corrected chi connectivity index (χ0v) is 21.3. The summed E-state index contributed by atoms with van der Waals surface area (Å²) in [5.41, 5.74) is -0.710. The van der Waals surface area contributed by atoms with Gasteiger partial charge in [0, 0.05) is 6.20 Å². The van der Waals surface area contributed by atoms with Gasteiger partial charge in [0.1, 0.15) is 0 Å². The van der Waals surface area contributed by atoms with Crippen molar-refractivity contribution in [2.24, 2.45) is 10.8 Å². The second-order valence-corrected chi connectivity index (χ2v) is 11.4. The van der Waals surface area contributed by atoms with E-state index in [1.54, 1.807) is 46.9 Å². The molecule has 0 radical (unpaired) electrons. The summed E-state index contributed by atoms with van der Waals surface area (Å²) in [5, 5.41) is 2.62. The molecule has 1 amide bonds. The normalized spacial score (nSPS) is 20.1. The molecule has 1 atom stereocenters. The van der Waals surface area contributed by atoms with Crippen molar-refractivity contribution >= 4 is 26.0 Å². The van der Waals surface area contributed by atoms with Crippen LogP contribution in [0.15, 0.2) is 24.4 Å². The standard InChI is InChI=1S/C22H35N2O9P/c1-21(2,3)20(27)30-15-32-34(28)31-14-22(4,5)18(33-34)19(26)24-12-9-17(25)29-13-10-16-8-6-7-11-23-16/h6-8,11,18,28,34H,9-10,12-15H2,1-5H3,(H,24,26)/t18-/m0/s1. The third kappa shape index (κ3) is 8.88. The summed E-state index contributed by atoms with van der Waals surface area (Å²) >= 11 is 0. The fourth-order valence-electron chi connectivity index (χ4n) is 2.82. The van der Waals surface area contributed by atoms with E-state index in [1.165, 1.54) is 0 Å². The second kappa shape index (κ2) is 12.0. The zero-order valence-electron chi connectivity index (χ0n) is 20.3. The monoisotopic (exact) mass is 502 g/mol. The number of rotatable bonds is 10. The molecule has 11 nitrogen and oxygen atoms in total. The van der Waals surface area contributed by atoms with Crippen LogP contribution in [0.25, 0.3) is 0 Å². The van der Waals surface area contributed by atoms with Gasteiger partial charge in [-0.2, -0.15) is 0 Å². The Morgan fingerprint density at radius 3 is 2.65 bits per heavy atom. The summed E-state index contributed by atoms with van der Waals surface area (Å²) in [4.78, 5) is 51.2. The van der Waals surface area contributed by atoms with Crippen molar-refractivity contribution in [3.63, 3.8) is 0 Å². The summed E-state index contributed by atoms with van der Waals surface area (Å²) in [6, 6.07) is 5.50. The third-order valence-corrected chi connectivity index (χ3v) is 6.39. The first-order valence-electron chi connectivity index (χ1n) is 11.0. The average molecular weight is 503 g/mol. The maximum atomic E-state index is 12.7. The first kappa shape index (κ1) is 28.1. The van der Waals surface area contributed by atoms with E-state index < -0.39 is 49.7 Å². The van der Waals surface area contributed by atoms with E-state index in [1.807, 2.05) is 12.1 Å². The minimum absolute atomic E-state index is 0.0173. The van der Waals surface area contributed by atoms with Gasteiger partial charge < -0.3 is 0 Å². The van der Waals surface area contributed by atoms with Crippen LogP contribution in [0.4, 0.5) is 0 Å². The number of esters is 2. The number of carbonyl (C=O) groups excluding carboxylic acids is 3. The Morgan fingerprint density at radius 1 is 1.26 bits per heavy atom. The summed E-state index contributed by atoms with van der Waals surface area (Å²) in [5.74, 6) is -1.52. The van der Waals surface area contributed by atoms with E-state index in [4.69, 9.17) is 23.0 Å². The number of aromatic nitrogens is 1. The molecule has 2 N–H and O–H groups in total. The molecular formula is C22H35N2O9P. The van der Waals surface area contributed by atoms with Crippen LogP contribution in [0, 0.1) is 10.8 Å². The number of pyridine rings is 1. The van der Waals surface area contributed by atoms with Gasteiger partial charge in [0.15, 0.2) is 0 Å². The predicted octanol–water partition coefficient (Wildman–Crippen LogP) is 2.08. The number of ether oxygens (including phenoxy) is 2. The summed E-state index contributed by atoms with van der Waals surface area (Å²) in [7, 11) is -4.22. The van der Waals surface area contributed by atoms with Gasteiger partial charge in [0.25, 0.3) is 0 Å². The molecule has 2 heterocycles. The Balaban J connectivity index is 1.77. The van der Waals surface area contributed by atoms with Crippen molar-refractivity contribution < 1.29 is 42.3 Å². The van der Waals surface area contributed by atoms with Crippen molar-refractivity contribution in [2.45, 2.75) is 53.6 Å². The van der Waals surface area contributed by atoms with E-state index in [9.17, 15) is 19.3 Å². The van der Waals surface area contributed by atoms with Gasteiger partial charge in [-0.3, -0.25) is 0 Å². The first-order valence-corrected chi connectivity index (χ1v) is 12.7. The van der Waals surface area contributed by atoms with E-state index >= 15 is 0 Å². The second-order valence-electron chi connectivity index (χ2n) is 9.58. The molecule has 1 aliphatic rings. The van der Waals surface area contributed by atoms with Crippen LogP contribution in [0.1, 0.15) is 46.7 Å². The molecule has 0 bridgehead atoms. The fraction of sp³-hybridized carbons (Fsp3) is 0.636. The molecule has 1 aromatic heterocycles. The van der Waals surface area contributed by atoms with Crippen molar-refractivity contribution in [3.05, 3.63) is 30.1 Å². The molecule has 1 aromatic rings. The molecule has 1 saturated heterocycles. The fourth-order valence-corrected chi connectivity index (χ4v) is 4.53. The van der Waals surface area contributed by atoms with E-state index in [-0.39, 0.29) is 26.2 Å². The Morgan fingerprint density at radius 2 is 2.00 bits per heavy atom.